The van der Waals surface area contributed by atoms with Crippen LogP contribution in [-0.2, 0) is 6.54 Å². The molecule has 5 heteroatoms. The van der Waals surface area contributed by atoms with Crippen LogP contribution in [0.1, 0.15) is 15.9 Å². The first-order chi connectivity index (χ1) is 9.61. The maximum absolute atomic E-state index is 12.1. The monoisotopic (exact) mass is 309 g/mol. The third kappa shape index (κ3) is 3.44. The smallest absolute Gasteiger partial charge is 0.254 e. The SMILES string of the molecule is COc1cccc(CNC(=O)c2c(Cl)cccc2Cl)c1. The molecule has 20 heavy (non-hydrogen) atoms. The molecule has 1 N–H and O–H groups in total. The van der Waals surface area contributed by atoms with Gasteiger partial charge in [-0.05, 0) is 29.8 Å². The van der Waals surface area contributed by atoms with E-state index < -0.39 is 0 Å². The molecule has 0 aliphatic heterocycles. The zero-order valence-electron chi connectivity index (χ0n) is 10.8. The van der Waals surface area contributed by atoms with Crippen LogP contribution in [0.5, 0.6) is 5.75 Å². The number of ether oxygens (including phenoxy) is 1. The average molecular weight is 310 g/mol. The molecule has 0 fully saturated rings. The Morgan fingerprint density at radius 1 is 1.15 bits per heavy atom. The van der Waals surface area contributed by atoms with Crippen molar-refractivity contribution >= 4 is 29.1 Å². The Morgan fingerprint density at radius 2 is 1.80 bits per heavy atom. The molecule has 0 saturated carbocycles. The number of halogens is 2. The quantitative estimate of drug-likeness (QED) is 0.929. The predicted octanol–water partition coefficient (Wildman–Crippen LogP) is 3.93. The van der Waals surface area contributed by atoms with Gasteiger partial charge < -0.3 is 10.1 Å². The van der Waals surface area contributed by atoms with Gasteiger partial charge in [-0.25, -0.2) is 0 Å². The van der Waals surface area contributed by atoms with Crippen LogP contribution < -0.4 is 10.1 Å². The molecule has 0 bridgehead atoms. The van der Waals surface area contributed by atoms with Gasteiger partial charge >= 0.3 is 0 Å². The van der Waals surface area contributed by atoms with E-state index in [-0.39, 0.29) is 5.91 Å². The Labute approximate surface area is 127 Å². The summed E-state index contributed by atoms with van der Waals surface area (Å²) in [5, 5.41) is 3.45. The lowest BCUT2D eigenvalue weighted by atomic mass is 10.2. The number of carbonyl (C=O) groups excluding carboxylic acids is 1. The predicted molar refractivity (Wildman–Crippen MR) is 80.6 cm³/mol. The standard InChI is InChI=1S/C15H13Cl2NO2/c1-20-11-5-2-4-10(8-11)9-18-15(19)14-12(16)6-3-7-13(14)17/h2-8H,9H2,1H3,(H,18,19). The molecule has 0 aromatic heterocycles. The molecule has 0 unspecified atom stereocenters. The van der Waals surface area contributed by atoms with Crippen LogP contribution in [0.4, 0.5) is 0 Å². The van der Waals surface area contributed by atoms with E-state index in [1.165, 1.54) is 0 Å². The summed E-state index contributed by atoms with van der Waals surface area (Å²) in [6, 6.07) is 12.4. The van der Waals surface area contributed by atoms with Gasteiger partial charge in [-0.15, -0.1) is 0 Å². The number of rotatable bonds is 4. The summed E-state index contributed by atoms with van der Waals surface area (Å²) in [4.78, 5) is 12.1. The summed E-state index contributed by atoms with van der Waals surface area (Å²) in [5.41, 5.74) is 1.22. The number of nitrogens with one attached hydrogen (secondary N) is 1. The van der Waals surface area contributed by atoms with Gasteiger partial charge in [0, 0.05) is 6.54 Å². The third-order valence-corrected chi connectivity index (χ3v) is 3.41. The van der Waals surface area contributed by atoms with E-state index in [4.69, 9.17) is 27.9 Å². The van der Waals surface area contributed by atoms with Crippen molar-refractivity contribution < 1.29 is 9.53 Å². The second kappa shape index (κ2) is 6.64. The Morgan fingerprint density at radius 3 is 2.45 bits per heavy atom. The van der Waals surface area contributed by atoms with Crippen molar-refractivity contribution in [3.8, 4) is 5.75 Å². The Bertz CT molecular complexity index is 609. The zero-order valence-corrected chi connectivity index (χ0v) is 12.3. The molecule has 2 aromatic rings. The van der Waals surface area contributed by atoms with Gasteiger partial charge in [-0.3, -0.25) is 4.79 Å². The lowest BCUT2D eigenvalue weighted by molar-refractivity contribution is 0.0951. The van der Waals surface area contributed by atoms with Crippen LogP contribution >= 0.6 is 23.2 Å². The van der Waals surface area contributed by atoms with Gasteiger partial charge in [0.1, 0.15) is 5.75 Å². The fraction of sp³-hybridized carbons (Fsp3) is 0.133. The van der Waals surface area contributed by atoms with Crippen LogP contribution in [0.3, 0.4) is 0 Å². The Balaban J connectivity index is 2.09. The van der Waals surface area contributed by atoms with Gasteiger partial charge in [0.15, 0.2) is 0 Å². The van der Waals surface area contributed by atoms with Gasteiger partial charge in [0.25, 0.3) is 5.91 Å². The largest absolute Gasteiger partial charge is 0.497 e. The number of methoxy groups -OCH3 is 1. The first-order valence-corrected chi connectivity index (χ1v) is 6.72. The minimum atomic E-state index is -0.302. The molecule has 104 valence electrons. The number of amides is 1. The van der Waals surface area contributed by atoms with E-state index in [0.29, 0.717) is 22.2 Å². The molecule has 0 spiro atoms. The highest BCUT2D eigenvalue weighted by atomic mass is 35.5. The maximum atomic E-state index is 12.1. The van der Waals surface area contributed by atoms with Gasteiger partial charge in [0.2, 0.25) is 0 Å². The maximum Gasteiger partial charge on any atom is 0.254 e. The summed E-state index contributed by atoms with van der Waals surface area (Å²) in [7, 11) is 1.60. The van der Waals surface area contributed by atoms with E-state index in [1.54, 1.807) is 25.3 Å². The summed E-state index contributed by atoms with van der Waals surface area (Å²) in [6.45, 7) is 0.373. The average Bonchev–Trinajstić information content (AvgIpc) is 2.45. The van der Waals surface area contributed by atoms with Crippen LogP contribution in [0.2, 0.25) is 10.0 Å². The van der Waals surface area contributed by atoms with E-state index in [1.807, 2.05) is 24.3 Å². The van der Waals surface area contributed by atoms with Gasteiger partial charge in [0.05, 0.1) is 22.7 Å². The highest BCUT2D eigenvalue weighted by molar-refractivity contribution is 6.39. The van der Waals surface area contributed by atoms with Crippen LogP contribution in [0.15, 0.2) is 42.5 Å². The summed E-state index contributed by atoms with van der Waals surface area (Å²) < 4.78 is 5.13. The highest BCUT2D eigenvalue weighted by Gasteiger charge is 2.13. The third-order valence-electron chi connectivity index (χ3n) is 2.78. The molecule has 0 heterocycles. The van der Waals surface area contributed by atoms with Crippen LogP contribution in [0.25, 0.3) is 0 Å². The lowest BCUT2D eigenvalue weighted by Gasteiger charge is -2.09. The number of benzene rings is 2. The second-order valence-corrected chi connectivity index (χ2v) is 4.95. The fourth-order valence-corrected chi connectivity index (χ4v) is 2.34. The normalized spacial score (nSPS) is 10.2. The van der Waals surface area contributed by atoms with Crippen LogP contribution in [0, 0.1) is 0 Å². The molecule has 2 aromatic carbocycles. The number of hydrogen-bond acceptors (Lipinski definition) is 2. The molecule has 3 nitrogen and oxygen atoms in total. The van der Waals surface area contributed by atoms with E-state index in [2.05, 4.69) is 5.32 Å². The van der Waals surface area contributed by atoms with Gasteiger partial charge in [-0.1, -0.05) is 41.4 Å². The highest BCUT2D eigenvalue weighted by Crippen LogP contribution is 2.24. The minimum absolute atomic E-state index is 0.290. The van der Waals surface area contributed by atoms with Crippen molar-refractivity contribution in [2.45, 2.75) is 6.54 Å². The second-order valence-electron chi connectivity index (χ2n) is 4.13. The van der Waals surface area contributed by atoms with Crippen molar-refractivity contribution in [3.63, 3.8) is 0 Å². The van der Waals surface area contributed by atoms with Crippen molar-refractivity contribution in [2.75, 3.05) is 7.11 Å². The number of carbonyl (C=O) groups is 1. The first-order valence-electron chi connectivity index (χ1n) is 5.97. The van der Waals surface area contributed by atoms with E-state index in [9.17, 15) is 4.79 Å². The molecule has 0 atom stereocenters. The molecule has 0 saturated heterocycles. The molecular weight excluding hydrogens is 297 g/mol. The molecule has 1 amide bonds. The van der Waals surface area contributed by atoms with Crippen molar-refractivity contribution in [2.24, 2.45) is 0 Å². The molecule has 0 aliphatic rings. The van der Waals surface area contributed by atoms with E-state index in [0.717, 1.165) is 11.3 Å². The molecule has 2 rings (SSSR count). The van der Waals surface area contributed by atoms with Crippen molar-refractivity contribution in [1.82, 2.24) is 5.32 Å². The first kappa shape index (κ1) is 14.7. The van der Waals surface area contributed by atoms with Gasteiger partial charge in [-0.2, -0.15) is 0 Å². The minimum Gasteiger partial charge on any atom is -0.497 e. The Hall–Kier alpha value is -1.71. The summed E-state index contributed by atoms with van der Waals surface area (Å²) >= 11 is 12.0. The number of hydrogen-bond donors (Lipinski definition) is 1. The lowest BCUT2D eigenvalue weighted by Crippen LogP contribution is -2.23. The summed E-state index contributed by atoms with van der Waals surface area (Å²) in [6.07, 6.45) is 0. The zero-order chi connectivity index (χ0) is 14.5. The Kier molecular flexibility index (Phi) is 4.88. The molecular formula is C15H13Cl2NO2. The van der Waals surface area contributed by atoms with Crippen molar-refractivity contribution in [3.05, 3.63) is 63.6 Å². The topological polar surface area (TPSA) is 38.3 Å². The van der Waals surface area contributed by atoms with Crippen LogP contribution in [-0.4, -0.2) is 13.0 Å². The van der Waals surface area contributed by atoms with E-state index >= 15 is 0 Å². The molecule has 0 radical (unpaired) electrons. The summed E-state index contributed by atoms with van der Waals surface area (Å²) in [5.74, 6) is 0.441. The van der Waals surface area contributed by atoms with Crippen molar-refractivity contribution in [1.29, 1.82) is 0 Å². The fourth-order valence-electron chi connectivity index (χ4n) is 1.77. The molecule has 0 aliphatic carbocycles.